The van der Waals surface area contributed by atoms with Gasteiger partial charge in [0.05, 0.1) is 18.8 Å². The number of pyridine rings is 1. The van der Waals surface area contributed by atoms with E-state index in [4.69, 9.17) is 14.2 Å². The van der Waals surface area contributed by atoms with Gasteiger partial charge in [0.15, 0.2) is 0 Å². The molecule has 1 unspecified atom stereocenters. The number of piperazine rings is 1. The molecule has 0 spiro atoms. The fourth-order valence-electron chi connectivity index (χ4n) is 2.48. The maximum absolute atomic E-state index is 12.5. The van der Waals surface area contributed by atoms with Crippen LogP contribution in [0.1, 0.15) is 32.4 Å². The Morgan fingerprint density at radius 3 is 2.88 bits per heavy atom. The molecule has 24 heavy (non-hydrogen) atoms. The molecule has 134 valence electrons. The van der Waals surface area contributed by atoms with E-state index in [-0.39, 0.29) is 12.1 Å². The van der Waals surface area contributed by atoms with E-state index in [0.29, 0.717) is 32.1 Å². The number of amides is 1. The first-order valence-electron chi connectivity index (χ1n) is 8.18. The summed E-state index contributed by atoms with van der Waals surface area (Å²) in [5.41, 5.74) is 0.401. The molecule has 0 saturated carbocycles. The Balaban J connectivity index is 2.12. The number of nitrogens with one attached hydrogen (secondary N) is 1. The number of rotatable bonds is 5. The molecule has 1 aliphatic heterocycles. The summed E-state index contributed by atoms with van der Waals surface area (Å²) >= 11 is 0. The molecule has 0 aliphatic carbocycles. The summed E-state index contributed by atoms with van der Waals surface area (Å²) in [6.45, 7) is 8.57. The molecule has 0 radical (unpaired) electrons. The summed E-state index contributed by atoms with van der Waals surface area (Å²) in [5, 5.41) is 3.31. The van der Waals surface area contributed by atoms with Gasteiger partial charge in [0.25, 0.3) is 0 Å². The van der Waals surface area contributed by atoms with Crippen molar-refractivity contribution in [1.29, 1.82) is 0 Å². The minimum atomic E-state index is -0.518. The van der Waals surface area contributed by atoms with E-state index in [9.17, 15) is 4.79 Å². The minimum absolute atomic E-state index is 0.132. The Morgan fingerprint density at radius 1 is 1.38 bits per heavy atom. The first kappa shape index (κ1) is 18.5. The van der Waals surface area contributed by atoms with Gasteiger partial charge in [-0.3, -0.25) is 9.88 Å². The predicted octanol–water partition coefficient (Wildman–Crippen LogP) is 1.99. The molecule has 1 aromatic heterocycles. The van der Waals surface area contributed by atoms with Crippen LogP contribution in [0, 0.1) is 0 Å². The van der Waals surface area contributed by atoms with Crippen LogP contribution in [-0.2, 0) is 9.47 Å². The second kappa shape index (κ2) is 8.30. The SMILES string of the molecule is COCCOc1cncc(C2CNCCN2C(=O)OC(C)(C)C)c1. The quantitative estimate of drug-likeness (QED) is 0.829. The van der Waals surface area contributed by atoms with Gasteiger partial charge < -0.3 is 19.5 Å². The molecule has 7 nitrogen and oxygen atoms in total. The van der Waals surface area contributed by atoms with E-state index in [1.165, 1.54) is 0 Å². The number of methoxy groups -OCH3 is 1. The second-order valence-corrected chi connectivity index (χ2v) is 6.69. The number of nitrogens with zero attached hydrogens (tertiary/aromatic N) is 2. The van der Waals surface area contributed by atoms with Gasteiger partial charge in [-0.05, 0) is 32.4 Å². The van der Waals surface area contributed by atoms with Crippen LogP contribution in [0.2, 0.25) is 0 Å². The summed E-state index contributed by atoms with van der Waals surface area (Å²) in [7, 11) is 1.63. The highest BCUT2D eigenvalue weighted by atomic mass is 16.6. The number of aromatic nitrogens is 1. The van der Waals surface area contributed by atoms with Gasteiger partial charge in [-0.15, -0.1) is 0 Å². The van der Waals surface area contributed by atoms with Crippen molar-refractivity contribution in [2.75, 3.05) is 40.0 Å². The molecule has 2 rings (SSSR count). The van der Waals surface area contributed by atoms with Crippen molar-refractivity contribution >= 4 is 6.09 Å². The molecule has 1 N–H and O–H groups in total. The number of carbonyl (C=O) groups is 1. The summed E-state index contributed by atoms with van der Waals surface area (Å²) in [6.07, 6.45) is 3.12. The summed E-state index contributed by atoms with van der Waals surface area (Å²) in [5.74, 6) is 0.666. The van der Waals surface area contributed by atoms with Gasteiger partial charge in [-0.1, -0.05) is 0 Å². The normalized spacial score (nSPS) is 18.3. The monoisotopic (exact) mass is 337 g/mol. The Hall–Kier alpha value is -1.86. The Bertz CT molecular complexity index is 545. The van der Waals surface area contributed by atoms with Crippen LogP contribution in [0.5, 0.6) is 5.75 Å². The molecule has 1 aliphatic rings. The summed E-state index contributed by atoms with van der Waals surface area (Å²) in [4.78, 5) is 18.5. The molecule has 1 atom stereocenters. The van der Waals surface area contributed by atoms with Crippen LogP contribution in [0.4, 0.5) is 4.79 Å². The minimum Gasteiger partial charge on any atom is -0.490 e. The third kappa shape index (κ3) is 5.35. The van der Waals surface area contributed by atoms with Crippen LogP contribution in [0.15, 0.2) is 18.5 Å². The molecular weight excluding hydrogens is 310 g/mol. The van der Waals surface area contributed by atoms with Crippen molar-refractivity contribution in [3.8, 4) is 5.75 Å². The van der Waals surface area contributed by atoms with Crippen molar-refractivity contribution in [2.45, 2.75) is 32.4 Å². The van der Waals surface area contributed by atoms with Crippen LogP contribution >= 0.6 is 0 Å². The fraction of sp³-hybridized carbons (Fsp3) is 0.647. The fourth-order valence-corrected chi connectivity index (χ4v) is 2.48. The highest BCUT2D eigenvalue weighted by Crippen LogP contribution is 2.26. The summed E-state index contributed by atoms with van der Waals surface area (Å²) < 4.78 is 16.1. The van der Waals surface area contributed by atoms with Gasteiger partial charge in [0.2, 0.25) is 0 Å². The van der Waals surface area contributed by atoms with E-state index in [1.807, 2.05) is 26.8 Å². The Labute approximate surface area is 143 Å². The maximum Gasteiger partial charge on any atom is 0.410 e. The molecule has 0 bridgehead atoms. The van der Waals surface area contributed by atoms with Crippen LogP contribution in [-0.4, -0.2) is 61.5 Å². The topological polar surface area (TPSA) is 72.9 Å². The van der Waals surface area contributed by atoms with Crippen molar-refractivity contribution in [3.63, 3.8) is 0 Å². The van der Waals surface area contributed by atoms with E-state index < -0.39 is 5.60 Å². The van der Waals surface area contributed by atoms with Crippen molar-refractivity contribution in [1.82, 2.24) is 15.2 Å². The molecular formula is C17H27N3O4. The zero-order valence-electron chi connectivity index (χ0n) is 14.9. The lowest BCUT2D eigenvalue weighted by atomic mass is 10.1. The number of hydrogen-bond donors (Lipinski definition) is 1. The van der Waals surface area contributed by atoms with Gasteiger partial charge in [-0.25, -0.2) is 4.79 Å². The molecule has 1 fully saturated rings. The first-order chi connectivity index (χ1) is 11.4. The third-order valence-electron chi connectivity index (χ3n) is 3.55. The number of hydrogen-bond acceptors (Lipinski definition) is 6. The lowest BCUT2D eigenvalue weighted by Crippen LogP contribution is -2.50. The lowest BCUT2D eigenvalue weighted by Gasteiger charge is -2.37. The van der Waals surface area contributed by atoms with Gasteiger partial charge in [0, 0.05) is 32.9 Å². The van der Waals surface area contributed by atoms with Gasteiger partial charge in [0.1, 0.15) is 18.0 Å². The van der Waals surface area contributed by atoms with E-state index in [2.05, 4.69) is 10.3 Å². The molecule has 0 aromatic carbocycles. The van der Waals surface area contributed by atoms with Crippen LogP contribution < -0.4 is 10.1 Å². The van der Waals surface area contributed by atoms with Crippen molar-refractivity contribution in [3.05, 3.63) is 24.0 Å². The number of ether oxygens (including phenoxy) is 3. The second-order valence-electron chi connectivity index (χ2n) is 6.69. The van der Waals surface area contributed by atoms with Gasteiger partial charge in [-0.2, -0.15) is 0 Å². The maximum atomic E-state index is 12.5. The molecule has 1 saturated heterocycles. The highest BCUT2D eigenvalue weighted by Gasteiger charge is 2.31. The largest absolute Gasteiger partial charge is 0.490 e. The van der Waals surface area contributed by atoms with E-state index in [1.54, 1.807) is 24.4 Å². The number of carbonyl (C=O) groups excluding carboxylic acids is 1. The Morgan fingerprint density at radius 2 is 2.17 bits per heavy atom. The average molecular weight is 337 g/mol. The summed E-state index contributed by atoms with van der Waals surface area (Å²) in [6, 6.07) is 1.78. The Kier molecular flexibility index (Phi) is 6.39. The highest BCUT2D eigenvalue weighted by molar-refractivity contribution is 5.69. The molecule has 7 heteroatoms. The smallest absolute Gasteiger partial charge is 0.410 e. The van der Waals surface area contributed by atoms with Crippen LogP contribution in [0.3, 0.4) is 0 Å². The zero-order valence-corrected chi connectivity index (χ0v) is 14.9. The van der Waals surface area contributed by atoms with Gasteiger partial charge >= 0.3 is 6.09 Å². The average Bonchev–Trinajstić information content (AvgIpc) is 2.54. The lowest BCUT2D eigenvalue weighted by molar-refractivity contribution is 0.0117. The third-order valence-corrected chi connectivity index (χ3v) is 3.55. The molecule has 1 aromatic rings. The standard InChI is InChI=1S/C17H27N3O4/c1-17(2,3)24-16(21)20-6-5-18-12-15(20)13-9-14(11-19-10-13)23-8-7-22-4/h9-11,15,18H,5-8,12H2,1-4H3. The zero-order chi connectivity index (χ0) is 17.6. The first-order valence-corrected chi connectivity index (χ1v) is 8.18. The predicted molar refractivity (Wildman–Crippen MR) is 90.2 cm³/mol. The van der Waals surface area contributed by atoms with Crippen molar-refractivity contribution < 1.29 is 19.0 Å². The van der Waals surface area contributed by atoms with Crippen molar-refractivity contribution in [2.24, 2.45) is 0 Å². The molecule has 1 amide bonds. The van der Waals surface area contributed by atoms with E-state index >= 15 is 0 Å². The van der Waals surface area contributed by atoms with E-state index in [0.717, 1.165) is 12.1 Å². The molecule has 2 heterocycles. The van der Waals surface area contributed by atoms with Crippen LogP contribution in [0.25, 0.3) is 0 Å².